The van der Waals surface area contributed by atoms with Crippen molar-refractivity contribution >= 4 is 29.9 Å². The van der Waals surface area contributed by atoms with Crippen molar-refractivity contribution in [1.29, 1.82) is 0 Å². The van der Waals surface area contributed by atoms with Crippen molar-refractivity contribution in [3.05, 3.63) is 58.4 Å². The van der Waals surface area contributed by atoms with Gasteiger partial charge in [0.05, 0.1) is 17.2 Å². The Labute approximate surface area is 141 Å². The summed E-state index contributed by atoms with van der Waals surface area (Å²) in [7, 11) is 0. The van der Waals surface area contributed by atoms with E-state index in [0.717, 1.165) is 11.1 Å². The third kappa shape index (κ3) is 4.61. The maximum absolute atomic E-state index is 12.0. The van der Waals surface area contributed by atoms with E-state index in [1.54, 1.807) is 18.3 Å². The second kappa shape index (κ2) is 8.61. The molecule has 2 rings (SSSR count). The number of halogens is 2. The van der Waals surface area contributed by atoms with Crippen LogP contribution in [0.1, 0.15) is 28.4 Å². The summed E-state index contributed by atoms with van der Waals surface area (Å²) in [5.41, 5.74) is 2.52. The molecule has 118 valence electrons. The van der Waals surface area contributed by atoms with E-state index in [4.69, 9.17) is 16.3 Å². The third-order valence-corrected chi connectivity index (χ3v) is 3.35. The maximum Gasteiger partial charge on any atom is 0.253 e. The molecule has 22 heavy (non-hydrogen) atoms. The number of ether oxygens (including phenoxy) is 1. The fourth-order valence-corrected chi connectivity index (χ4v) is 2.17. The van der Waals surface area contributed by atoms with E-state index >= 15 is 0 Å². The predicted molar refractivity (Wildman–Crippen MR) is 90.0 cm³/mol. The van der Waals surface area contributed by atoms with Crippen molar-refractivity contribution in [2.75, 3.05) is 6.61 Å². The quantitative estimate of drug-likeness (QED) is 0.900. The summed E-state index contributed by atoms with van der Waals surface area (Å²) in [6, 6.07) is 7.16. The molecule has 0 saturated heterocycles. The number of carbonyl (C=O) groups excluding carboxylic acids is 1. The predicted octanol–water partition coefficient (Wildman–Crippen LogP) is 3.79. The number of aryl methyl sites for hydroxylation is 1. The first-order valence-corrected chi connectivity index (χ1v) is 7.09. The Balaban J connectivity index is 0.00000242. The Kier molecular flexibility index (Phi) is 7.15. The van der Waals surface area contributed by atoms with Crippen LogP contribution in [0.3, 0.4) is 0 Å². The number of aromatic nitrogens is 1. The Bertz CT molecular complexity index is 634. The molecule has 1 heterocycles. The van der Waals surface area contributed by atoms with Gasteiger partial charge in [-0.1, -0.05) is 11.6 Å². The van der Waals surface area contributed by atoms with Gasteiger partial charge in [0.1, 0.15) is 5.75 Å². The Morgan fingerprint density at radius 3 is 2.82 bits per heavy atom. The number of benzene rings is 1. The maximum atomic E-state index is 12.0. The molecule has 0 unspecified atom stereocenters. The van der Waals surface area contributed by atoms with Gasteiger partial charge in [-0.3, -0.25) is 9.78 Å². The van der Waals surface area contributed by atoms with Gasteiger partial charge in [0.15, 0.2) is 0 Å². The van der Waals surface area contributed by atoms with Gasteiger partial charge < -0.3 is 10.1 Å². The lowest BCUT2D eigenvalue weighted by atomic mass is 10.1. The standard InChI is InChI=1S/C16H17ClN2O2.ClH/c1-3-21-15-7-11(2)13(8-14(15)17)10-19-16(20)12-5-4-6-18-9-12;/h4-9H,3,10H2,1-2H3,(H,19,20);1H. The molecule has 0 aliphatic heterocycles. The van der Waals surface area contributed by atoms with Crippen molar-refractivity contribution in [1.82, 2.24) is 10.3 Å². The molecule has 0 spiro atoms. The smallest absolute Gasteiger partial charge is 0.253 e. The van der Waals surface area contributed by atoms with Gasteiger partial charge in [-0.25, -0.2) is 0 Å². The number of carbonyl (C=O) groups is 1. The number of hydrogen-bond acceptors (Lipinski definition) is 3. The summed E-state index contributed by atoms with van der Waals surface area (Å²) in [5.74, 6) is 0.506. The van der Waals surface area contributed by atoms with Gasteiger partial charge in [-0.15, -0.1) is 12.4 Å². The monoisotopic (exact) mass is 340 g/mol. The lowest BCUT2D eigenvalue weighted by Gasteiger charge is -2.12. The minimum Gasteiger partial charge on any atom is -0.492 e. The lowest BCUT2D eigenvalue weighted by Crippen LogP contribution is -2.23. The summed E-state index contributed by atoms with van der Waals surface area (Å²) < 4.78 is 5.44. The summed E-state index contributed by atoms with van der Waals surface area (Å²) in [4.78, 5) is 15.9. The molecule has 0 bridgehead atoms. The Morgan fingerprint density at radius 2 is 2.18 bits per heavy atom. The van der Waals surface area contributed by atoms with Gasteiger partial charge in [0.2, 0.25) is 0 Å². The highest BCUT2D eigenvalue weighted by atomic mass is 35.5. The minimum absolute atomic E-state index is 0. The molecule has 1 aromatic carbocycles. The average Bonchev–Trinajstić information content (AvgIpc) is 2.50. The van der Waals surface area contributed by atoms with E-state index in [0.29, 0.717) is 29.5 Å². The number of amides is 1. The highest BCUT2D eigenvalue weighted by molar-refractivity contribution is 6.32. The Morgan fingerprint density at radius 1 is 1.41 bits per heavy atom. The molecule has 6 heteroatoms. The largest absolute Gasteiger partial charge is 0.492 e. The summed E-state index contributed by atoms with van der Waals surface area (Å²) in [5, 5.41) is 3.41. The number of nitrogens with zero attached hydrogens (tertiary/aromatic N) is 1. The zero-order chi connectivity index (χ0) is 15.2. The molecule has 4 nitrogen and oxygen atoms in total. The summed E-state index contributed by atoms with van der Waals surface area (Å²) in [6.45, 7) is 4.85. The lowest BCUT2D eigenvalue weighted by molar-refractivity contribution is 0.0950. The highest BCUT2D eigenvalue weighted by Crippen LogP contribution is 2.28. The van der Waals surface area contributed by atoms with Crippen molar-refractivity contribution < 1.29 is 9.53 Å². The van der Waals surface area contributed by atoms with Gasteiger partial charge in [0, 0.05) is 18.9 Å². The van der Waals surface area contributed by atoms with Crippen LogP contribution in [-0.2, 0) is 6.54 Å². The van der Waals surface area contributed by atoms with Gasteiger partial charge in [-0.2, -0.15) is 0 Å². The number of nitrogens with one attached hydrogen (secondary N) is 1. The molecule has 0 aliphatic carbocycles. The SMILES string of the molecule is CCOc1cc(C)c(CNC(=O)c2cccnc2)cc1Cl.Cl. The second-order valence-electron chi connectivity index (χ2n) is 4.57. The van der Waals surface area contributed by atoms with E-state index in [2.05, 4.69) is 10.3 Å². The van der Waals surface area contributed by atoms with Crippen molar-refractivity contribution in [3.8, 4) is 5.75 Å². The molecular formula is C16H18Cl2N2O2. The first-order valence-electron chi connectivity index (χ1n) is 6.72. The molecule has 1 N–H and O–H groups in total. The minimum atomic E-state index is -0.160. The van der Waals surface area contributed by atoms with Crippen LogP contribution in [0.2, 0.25) is 5.02 Å². The topological polar surface area (TPSA) is 51.2 Å². The highest BCUT2D eigenvalue weighted by Gasteiger charge is 2.09. The zero-order valence-electron chi connectivity index (χ0n) is 12.4. The van der Waals surface area contributed by atoms with E-state index in [1.165, 1.54) is 6.20 Å². The summed E-state index contributed by atoms with van der Waals surface area (Å²) in [6.07, 6.45) is 3.17. The van der Waals surface area contributed by atoms with Crippen LogP contribution in [0, 0.1) is 6.92 Å². The van der Waals surface area contributed by atoms with Crippen LogP contribution < -0.4 is 10.1 Å². The molecule has 2 aromatic rings. The van der Waals surface area contributed by atoms with Gasteiger partial charge in [-0.05, 0) is 49.2 Å². The van der Waals surface area contributed by atoms with Crippen LogP contribution in [-0.4, -0.2) is 17.5 Å². The van der Waals surface area contributed by atoms with E-state index in [-0.39, 0.29) is 18.3 Å². The fourth-order valence-electron chi connectivity index (χ4n) is 1.93. The number of pyridine rings is 1. The zero-order valence-corrected chi connectivity index (χ0v) is 14.0. The number of rotatable bonds is 5. The van der Waals surface area contributed by atoms with Crippen LogP contribution in [0.5, 0.6) is 5.75 Å². The van der Waals surface area contributed by atoms with Crippen LogP contribution in [0.15, 0.2) is 36.7 Å². The molecule has 1 amide bonds. The normalized spacial score (nSPS) is 9.77. The van der Waals surface area contributed by atoms with Crippen LogP contribution in [0.25, 0.3) is 0 Å². The fraction of sp³-hybridized carbons (Fsp3) is 0.250. The van der Waals surface area contributed by atoms with E-state index < -0.39 is 0 Å². The molecule has 0 radical (unpaired) electrons. The van der Waals surface area contributed by atoms with Crippen molar-refractivity contribution in [2.24, 2.45) is 0 Å². The van der Waals surface area contributed by atoms with Crippen LogP contribution >= 0.6 is 24.0 Å². The molecule has 0 fully saturated rings. The second-order valence-corrected chi connectivity index (χ2v) is 4.97. The first-order chi connectivity index (χ1) is 10.1. The van der Waals surface area contributed by atoms with Crippen molar-refractivity contribution in [2.45, 2.75) is 20.4 Å². The van der Waals surface area contributed by atoms with Crippen molar-refractivity contribution in [3.63, 3.8) is 0 Å². The third-order valence-electron chi connectivity index (χ3n) is 3.05. The molecule has 0 aliphatic rings. The molecular weight excluding hydrogens is 323 g/mol. The first kappa shape index (κ1) is 18.3. The number of hydrogen-bond donors (Lipinski definition) is 1. The van der Waals surface area contributed by atoms with Gasteiger partial charge in [0.25, 0.3) is 5.91 Å². The Hall–Kier alpha value is -1.78. The molecule has 0 atom stereocenters. The summed E-state index contributed by atoms with van der Waals surface area (Å²) >= 11 is 6.16. The molecule has 1 aromatic heterocycles. The van der Waals surface area contributed by atoms with Crippen LogP contribution in [0.4, 0.5) is 0 Å². The van der Waals surface area contributed by atoms with E-state index in [1.807, 2.05) is 26.0 Å². The van der Waals surface area contributed by atoms with E-state index in [9.17, 15) is 4.79 Å². The average molecular weight is 341 g/mol. The van der Waals surface area contributed by atoms with Gasteiger partial charge >= 0.3 is 0 Å². The molecule has 0 saturated carbocycles.